The number of fused-ring (bicyclic) bond motifs is 1. The Kier molecular flexibility index (Phi) is 4.23. The Labute approximate surface area is 143 Å². The SMILES string of the molecule is O=C1CCc2cc(OS(=O)(=O)c3cc(Cl)cc(Cl)c3)ccc2N1. The van der Waals surface area contributed by atoms with Crippen molar-refractivity contribution in [1.29, 1.82) is 0 Å². The number of rotatable bonds is 3. The summed E-state index contributed by atoms with van der Waals surface area (Å²) >= 11 is 11.6. The number of hydrogen-bond acceptors (Lipinski definition) is 4. The largest absolute Gasteiger partial charge is 0.379 e. The van der Waals surface area contributed by atoms with Crippen molar-refractivity contribution < 1.29 is 17.4 Å². The Morgan fingerprint density at radius 2 is 1.70 bits per heavy atom. The first-order chi connectivity index (χ1) is 10.8. The first-order valence-electron chi connectivity index (χ1n) is 6.67. The van der Waals surface area contributed by atoms with Crippen molar-refractivity contribution in [3.63, 3.8) is 0 Å². The summed E-state index contributed by atoms with van der Waals surface area (Å²) in [6, 6.07) is 8.65. The number of halogens is 2. The number of anilines is 1. The molecule has 0 unspecified atom stereocenters. The van der Waals surface area contributed by atoms with E-state index in [0.717, 1.165) is 5.56 Å². The van der Waals surface area contributed by atoms with Crippen LogP contribution in [0.2, 0.25) is 10.0 Å². The van der Waals surface area contributed by atoms with Gasteiger partial charge in [-0.3, -0.25) is 4.79 Å². The topological polar surface area (TPSA) is 72.5 Å². The Hall–Kier alpha value is -1.76. The fraction of sp³-hybridized carbons (Fsp3) is 0.133. The number of hydrogen-bond donors (Lipinski definition) is 1. The van der Waals surface area contributed by atoms with Crippen molar-refractivity contribution in [2.24, 2.45) is 0 Å². The molecule has 120 valence electrons. The third-order valence-electron chi connectivity index (χ3n) is 3.30. The monoisotopic (exact) mass is 371 g/mol. The van der Waals surface area contributed by atoms with E-state index >= 15 is 0 Å². The molecule has 0 aromatic heterocycles. The molecule has 0 bridgehead atoms. The van der Waals surface area contributed by atoms with Gasteiger partial charge in [0.1, 0.15) is 10.6 Å². The number of benzene rings is 2. The molecule has 1 aliphatic rings. The second-order valence-corrected chi connectivity index (χ2v) is 7.43. The highest BCUT2D eigenvalue weighted by molar-refractivity contribution is 7.87. The normalized spacial score (nSPS) is 14.1. The van der Waals surface area contributed by atoms with Gasteiger partial charge in [-0.25, -0.2) is 0 Å². The van der Waals surface area contributed by atoms with Gasteiger partial charge in [0.15, 0.2) is 0 Å². The van der Waals surface area contributed by atoms with Gasteiger partial charge < -0.3 is 9.50 Å². The molecular formula is C15H11Cl2NO4S. The van der Waals surface area contributed by atoms with Crippen molar-refractivity contribution in [1.82, 2.24) is 0 Å². The lowest BCUT2D eigenvalue weighted by Gasteiger charge is -2.17. The summed E-state index contributed by atoms with van der Waals surface area (Å²) < 4.78 is 29.8. The molecule has 0 atom stereocenters. The summed E-state index contributed by atoms with van der Waals surface area (Å²) in [6.07, 6.45) is 0.883. The van der Waals surface area contributed by atoms with Crippen molar-refractivity contribution in [2.75, 3.05) is 5.32 Å². The molecular weight excluding hydrogens is 361 g/mol. The van der Waals surface area contributed by atoms with E-state index in [9.17, 15) is 13.2 Å². The highest BCUT2D eigenvalue weighted by Gasteiger charge is 2.20. The van der Waals surface area contributed by atoms with Crippen LogP contribution in [0, 0.1) is 0 Å². The Morgan fingerprint density at radius 1 is 1.00 bits per heavy atom. The molecule has 8 heteroatoms. The highest BCUT2D eigenvalue weighted by Crippen LogP contribution is 2.29. The Morgan fingerprint density at radius 3 is 2.39 bits per heavy atom. The van der Waals surface area contributed by atoms with Crippen molar-refractivity contribution in [2.45, 2.75) is 17.7 Å². The fourth-order valence-corrected chi connectivity index (χ4v) is 3.91. The third-order valence-corrected chi connectivity index (χ3v) is 4.96. The molecule has 0 spiro atoms. The smallest absolute Gasteiger partial charge is 0.339 e. The summed E-state index contributed by atoms with van der Waals surface area (Å²) in [5.41, 5.74) is 1.48. The molecule has 3 rings (SSSR count). The summed E-state index contributed by atoms with van der Waals surface area (Å²) in [5, 5.41) is 3.12. The lowest BCUT2D eigenvalue weighted by atomic mass is 10.0. The average Bonchev–Trinajstić information content (AvgIpc) is 2.46. The van der Waals surface area contributed by atoms with Gasteiger partial charge in [-0.2, -0.15) is 8.42 Å². The van der Waals surface area contributed by atoms with Gasteiger partial charge in [0.25, 0.3) is 0 Å². The number of aryl methyl sites for hydroxylation is 1. The van der Waals surface area contributed by atoms with Crippen LogP contribution in [-0.2, 0) is 21.3 Å². The van der Waals surface area contributed by atoms with Gasteiger partial charge >= 0.3 is 10.1 Å². The van der Waals surface area contributed by atoms with Crippen LogP contribution in [0.1, 0.15) is 12.0 Å². The zero-order chi connectivity index (χ0) is 16.6. The van der Waals surface area contributed by atoms with E-state index in [-0.39, 0.29) is 26.6 Å². The summed E-state index contributed by atoms with van der Waals surface area (Å²) in [7, 11) is -4.05. The lowest BCUT2D eigenvalue weighted by molar-refractivity contribution is -0.116. The van der Waals surface area contributed by atoms with Crippen LogP contribution in [0.3, 0.4) is 0 Å². The van der Waals surface area contributed by atoms with Gasteiger partial charge in [-0.1, -0.05) is 23.2 Å². The lowest BCUT2D eigenvalue weighted by Crippen LogP contribution is -2.19. The zero-order valence-electron chi connectivity index (χ0n) is 11.7. The van der Waals surface area contributed by atoms with Crippen molar-refractivity contribution in [3.05, 3.63) is 52.0 Å². The van der Waals surface area contributed by atoms with Crippen LogP contribution in [0.25, 0.3) is 0 Å². The number of nitrogens with one attached hydrogen (secondary N) is 1. The molecule has 2 aromatic rings. The number of carbonyl (C=O) groups is 1. The maximum Gasteiger partial charge on any atom is 0.339 e. The van der Waals surface area contributed by atoms with E-state index in [0.29, 0.717) is 18.5 Å². The van der Waals surface area contributed by atoms with E-state index in [4.69, 9.17) is 27.4 Å². The Bertz CT molecular complexity index is 876. The Balaban J connectivity index is 1.90. The number of amides is 1. The van der Waals surface area contributed by atoms with Crippen LogP contribution in [0.15, 0.2) is 41.3 Å². The predicted molar refractivity (Wildman–Crippen MR) is 87.7 cm³/mol. The summed E-state index contributed by atoms with van der Waals surface area (Å²) in [5.74, 6) is 0.100. The molecule has 0 saturated heterocycles. The van der Waals surface area contributed by atoms with Crippen LogP contribution in [-0.4, -0.2) is 14.3 Å². The molecule has 0 fully saturated rings. The maximum atomic E-state index is 12.3. The van der Waals surface area contributed by atoms with E-state index in [1.54, 1.807) is 12.1 Å². The van der Waals surface area contributed by atoms with Crippen LogP contribution in [0.4, 0.5) is 5.69 Å². The summed E-state index contributed by atoms with van der Waals surface area (Å²) in [4.78, 5) is 11.2. The first kappa shape index (κ1) is 16.1. The molecule has 23 heavy (non-hydrogen) atoms. The minimum Gasteiger partial charge on any atom is -0.379 e. The van der Waals surface area contributed by atoms with E-state index < -0.39 is 10.1 Å². The highest BCUT2D eigenvalue weighted by atomic mass is 35.5. The zero-order valence-corrected chi connectivity index (χ0v) is 14.0. The van der Waals surface area contributed by atoms with Crippen LogP contribution < -0.4 is 9.50 Å². The van der Waals surface area contributed by atoms with Gasteiger partial charge in [-0.05, 0) is 48.4 Å². The quantitative estimate of drug-likeness (QED) is 0.835. The predicted octanol–water partition coefficient (Wildman–Crippen LogP) is 3.65. The molecule has 5 nitrogen and oxygen atoms in total. The molecule has 1 heterocycles. The molecule has 0 saturated carbocycles. The van der Waals surface area contributed by atoms with Gasteiger partial charge in [0.2, 0.25) is 5.91 Å². The van der Waals surface area contributed by atoms with Gasteiger partial charge in [-0.15, -0.1) is 0 Å². The van der Waals surface area contributed by atoms with Crippen LogP contribution in [0.5, 0.6) is 5.75 Å². The second-order valence-electron chi connectivity index (χ2n) is 5.01. The summed E-state index contributed by atoms with van der Waals surface area (Å²) in [6.45, 7) is 0. The van der Waals surface area contributed by atoms with E-state index in [1.807, 2.05) is 0 Å². The van der Waals surface area contributed by atoms with Crippen LogP contribution >= 0.6 is 23.2 Å². The maximum absolute atomic E-state index is 12.3. The third kappa shape index (κ3) is 3.60. The van der Waals surface area contributed by atoms with E-state index in [1.165, 1.54) is 24.3 Å². The molecule has 1 amide bonds. The molecule has 1 N–H and O–H groups in total. The van der Waals surface area contributed by atoms with Gasteiger partial charge in [0.05, 0.1) is 0 Å². The average molecular weight is 372 g/mol. The molecule has 1 aliphatic heterocycles. The van der Waals surface area contributed by atoms with Crippen molar-refractivity contribution >= 4 is 44.9 Å². The minimum absolute atomic E-state index is 0.0626. The van der Waals surface area contributed by atoms with E-state index in [2.05, 4.69) is 5.32 Å². The molecule has 2 aromatic carbocycles. The first-order valence-corrected chi connectivity index (χ1v) is 8.83. The number of carbonyl (C=O) groups excluding carboxylic acids is 1. The molecule has 0 radical (unpaired) electrons. The second kappa shape index (κ2) is 6.03. The minimum atomic E-state index is -4.05. The van der Waals surface area contributed by atoms with Gasteiger partial charge in [0, 0.05) is 22.2 Å². The standard InChI is InChI=1S/C15H11Cl2NO4S/c16-10-6-11(17)8-13(7-10)23(20,21)22-12-2-3-14-9(5-12)1-4-15(19)18-14/h2-3,5-8H,1,4H2,(H,18,19). The fourth-order valence-electron chi connectivity index (χ4n) is 2.26. The molecule has 0 aliphatic carbocycles. The van der Waals surface area contributed by atoms with Crippen molar-refractivity contribution in [3.8, 4) is 5.75 Å².